The summed E-state index contributed by atoms with van der Waals surface area (Å²) in [5, 5.41) is 2.38. The molecule has 2 saturated heterocycles. The van der Waals surface area contributed by atoms with Crippen molar-refractivity contribution in [2.75, 3.05) is 31.6 Å². The second-order valence-corrected chi connectivity index (χ2v) is 9.24. The monoisotopic (exact) mass is 416 g/mol. The van der Waals surface area contributed by atoms with Crippen LogP contribution in [-0.4, -0.2) is 60.1 Å². The minimum atomic E-state index is -0.484. The maximum Gasteiger partial charge on any atom is 0.410 e. The number of piperidine rings is 2. The van der Waals surface area contributed by atoms with Crippen molar-refractivity contribution in [2.24, 2.45) is 5.92 Å². The van der Waals surface area contributed by atoms with Gasteiger partial charge >= 0.3 is 6.09 Å². The third kappa shape index (κ3) is 5.70. The van der Waals surface area contributed by atoms with E-state index in [1.807, 2.05) is 39.1 Å². The van der Waals surface area contributed by atoms with Crippen LogP contribution < -0.4 is 10.2 Å². The van der Waals surface area contributed by atoms with E-state index in [-0.39, 0.29) is 23.8 Å². The molecule has 2 fully saturated rings. The number of carbonyl (C=O) groups excluding carboxylic acids is 3. The summed E-state index contributed by atoms with van der Waals surface area (Å²) >= 11 is 0. The predicted molar refractivity (Wildman–Crippen MR) is 113 cm³/mol. The lowest BCUT2D eigenvalue weighted by Crippen LogP contribution is -2.41. The van der Waals surface area contributed by atoms with E-state index in [4.69, 9.17) is 4.74 Å². The van der Waals surface area contributed by atoms with Crippen molar-refractivity contribution in [3.05, 3.63) is 24.0 Å². The molecule has 1 N–H and O–H groups in total. The summed E-state index contributed by atoms with van der Waals surface area (Å²) in [6, 6.07) is 3.89. The van der Waals surface area contributed by atoms with Gasteiger partial charge in [0.15, 0.2) is 0 Å². The van der Waals surface area contributed by atoms with Crippen LogP contribution in [0.15, 0.2) is 18.3 Å². The van der Waals surface area contributed by atoms with Gasteiger partial charge in [0.1, 0.15) is 5.60 Å². The van der Waals surface area contributed by atoms with Crippen LogP contribution in [0.2, 0.25) is 0 Å². The van der Waals surface area contributed by atoms with Gasteiger partial charge in [0, 0.05) is 33.1 Å². The molecular formula is C22H32N4O4. The summed E-state index contributed by atoms with van der Waals surface area (Å²) in [5.41, 5.74) is 1.25. The molecule has 1 aromatic rings. The Bertz CT molecular complexity index is 779. The molecule has 1 unspecified atom stereocenters. The number of nitrogens with one attached hydrogen (secondary N) is 1. The van der Waals surface area contributed by atoms with E-state index in [9.17, 15) is 14.4 Å². The molecule has 164 valence electrons. The first kappa shape index (κ1) is 22.1. The molecule has 3 heterocycles. The van der Waals surface area contributed by atoms with E-state index in [0.717, 1.165) is 31.6 Å². The maximum absolute atomic E-state index is 12.2. The van der Waals surface area contributed by atoms with Crippen LogP contribution in [0.4, 0.5) is 10.5 Å². The Labute approximate surface area is 178 Å². The quantitative estimate of drug-likeness (QED) is 0.759. The first-order valence-corrected chi connectivity index (χ1v) is 10.6. The van der Waals surface area contributed by atoms with E-state index in [1.54, 1.807) is 11.9 Å². The highest BCUT2D eigenvalue weighted by Gasteiger charge is 2.29. The number of imide groups is 1. The molecule has 0 bridgehead atoms. The van der Waals surface area contributed by atoms with Gasteiger partial charge < -0.3 is 14.5 Å². The zero-order valence-electron chi connectivity index (χ0n) is 18.3. The number of hydrogen-bond acceptors (Lipinski definition) is 6. The lowest BCUT2D eigenvalue weighted by molar-refractivity contribution is -0.134. The van der Waals surface area contributed by atoms with Gasteiger partial charge in [0.25, 0.3) is 0 Å². The number of carbonyl (C=O) groups is 3. The largest absolute Gasteiger partial charge is 0.444 e. The molecule has 0 aromatic carbocycles. The summed E-state index contributed by atoms with van der Waals surface area (Å²) in [6.45, 7) is 8.10. The Kier molecular flexibility index (Phi) is 6.63. The number of amides is 3. The average Bonchev–Trinajstić information content (AvgIpc) is 2.67. The summed E-state index contributed by atoms with van der Waals surface area (Å²) in [5.74, 6) is -0.394. The highest BCUT2D eigenvalue weighted by atomic mass is 16.6. The first-order chi connectivity index (χ1) is 14.1. The Balaban J connectivity index is 1.50. The number of hydrogen-bond donors (Lipinski definition) is 1. The minimum absolute atomic E-state index is 0.215. The van der Waals surface area contributed by atoms with Crippen LogP contribution in [0.1, 0.15) is 58.1 Å². The number of anilines is 1. The fraction of sp³-hybridized carbons (Fsp3) is 0.636. The third-order valence-corrected chi connectivity index (χ3v) is 5.58. The molecule has 30 heavy (non-hydrogen) atoms. The van der Waals surface area contributed by atoms with E-state index in [1.165, 1.54) is 0 Å². The zero-order valence-corrected chi connectivity index (χ0v) is 18.3. The molecule has 3 rings (SSSR count). The highest BCUT2D eigenvalue weighted by Crippen LogP contribution is 2.27. The van der Waals surface area contributed by atoms with Gasteiger partial charge in [-0.25, -0.2) is 4.79 Å². The third-order valence-electron chi connectivity index (χ3n) is 5.58. The molecule has 0 saturated carbocycles. The van der Waals surface area contributed by atoms with E-state index >= 15 is 0 Å². The van der Waals surface area contributed by atoms with Gasteiger partial charge in [0.2, 0.25) is 11.8 Å². The Morgan fingerprint density at radius 3 is 2.50 bits per heavy atom. The van der Waals surface area contributed by atoms with Crippen LogP contribution in [0.25, 0.3) is 0 Å². The first-order valence-electron chi connectivity index (χ1n) is 10.6. The number of nitrogens with zero attached hydrogens (tertiary/aromatic N) is 3. The number of aromatic nitrogens is 1. The fourth-order valence-corrected chi connectivity index (χ4v) is 3.94. The standard InChI is InChI=1S/C22H32N4O4/c1-22(2,3)30-21(29)25(4)14-15-9-11-26(12-10-15)16-5-7-18(23-13-16)17-6-8-19(27)24-20(17)28/h5,7,13,15,17H,6,8-12,14H2,1-4H3,(H,24,27,28). The molecular weight excluding hydrogens is 384 g/mol. The molecule has 0 radical (unpaired) electrons. The van der Waals surface area contributed by atoms with Crippen molar-refractivity contribution in [1.82, 2.24) is 15.2 Å². The van der Waals surface area contributed by atoms with Gasteiger partial charge in [-0.3, -0.25) is 19.9 Å². The molecule has 2 aliphatic heterocycles. The SMILES string of the molecule is CN(CC1CCN(c2ccc(C3CCC(=O)NC3=O)nc2)CC1)C(=O)OC(C)(C)C. The molecule has 1 atom stereocenters. The van der Waals surface area contributed by atoms with Crippen LogP contribution in [-0.2, 0) is 14.3 Å². The zero-order chi connectivity index (χ0) is 21.9. The summed E-state index contributed by atoms with van der Waals surface area (Å²) < 4.78 is 5.43. The topological polar surface area (TPSA) is 91.8 Å². The van der Waals surface area contributed by atoms with Crippen LogP contribution in [0.5, 0.6) is 0 Å². The molecule has 0 aliphatic carbocycles. The van der Waals surface area contributed by atoms with Crippen molar-refractivity contribution in [1.29, 1.82) is 0 Å². The normalized spacial score (nSPS) is 20.7. The maximum atomic E-state index is 12.2. The predicted octanol–water partition coefficient (Wildman–Crippen LogP) is 2.69. The highest BCUT2D eigenvalue weighted by molar-refractivity contribution is 6.00. The van der Waals surface area contributed by atoms with Crippen molar-refractivity contribution < 1.29 is 19.1 Å². The summed E-state index contributed by atoms with van der Waals surface area (Å²) in [7, 11) is 1.79. The molecule has 3 amide bonds. The molecule has 2 aliphatic rings. The van der Waals surface area contributed by atoms with E-state index in [0.29, 0.717) is 31.0 Å². The van der Waals surface area contributed by atoms with Crippen LogP contribution in [0, 0.1) is 5.92 Å². The summed E-state index contributed by atoms with van der Waals surface area (Å²) in [4.78, 5) is 43.9. The van der Waals surface area contributed by atoms with Crippen LogP contribution in [0.3, 0.4) is 0 Å². The number of pyridine rings is 1. The molecule has 8 nitrogen and oxygen atoms in total. The number of ether oxygens (including phenoxy) is 1. The van der Waals surface area contributed by atoms with Crippen molar-refractivity contribution >= 4 is 23.6 Å². The fourth-order valence-electron chi connectivity index (χ4n) is 3.94. The smallest absolute Gasteiger partial charge is 0.410 e. The average molecular weight is 417 g/mol. The molecule has 8 heteroatoms. The minimum Gasteiger partial charge on any atom is -0.444 e. The Morgan fingerprint density at radius 2 is 1.93 bits per heavy atom. The lowest BCUT2D eigenvalue weighted by Gasteiger charge is -2.35. The van der Waals surface area contributed by atoms with Crippen molar-refractivity contribution in [2.45, 2.75) is 58.0 Å². The molecule has 1 aromatic heterocycles. The number of rotatable bonds is 4. The van der Waals surface area contributed by atoms with Crippen molar-refractivity contribution in [3.63, 3.8) is 0 Å². The van der Waals surface area contributed by atoms with E-state index in [2.05, 4.69) is 15.2 Å². The summed E-state index contributed by atoms with van der Waals surface area (Å²) in [6.07, 6.45) is 4.37. The molecule has 0 spiro atoms. The van der Waals surface area contributed by atoms with Gasteiger partial charge in [0.05, 0.1) is 23.5 Å². The lowest BCUT2D eigenvalue weighted by atomic mass is 9.94. The Morgan fingerprint density at radius 1 is 1.23 bits per heavy atom. The van der Waals surface area contributed by atoms with Gasteiger partial charge in [-0.1, -0.05) is 0 Å². The van der Waals surface area contributed by atoms with Gasteiger partial charge in [-0.15, -0.1) is 0 Å². The Hall–Kier alpha value is -2.64. The van der Waals surface area contributed by atoms with Gasteiger partial charge in [-0.2, -0.15) is 0 Å². The van der Waals surface area contributed by atoms with Gasteiger partial charge in [-0.05, 0) is 58.1 Å². The van der Waals surface area contributed by atoms with Crippen molar-refractivity contribution in [3.8, 4) is 0 Å². The second kappa shape index (κ2) is 9.02. The van der Waals surface area contributed by atoms with Crippen LogP contribution >= 0.6 is 0 Å². The second-order valence-electron chi connectivity index (χ2n) is 9.24. The van der Waals surface area contributed by atoms with E-state index < -0.39 is 5.60 Å².